The van der Waals surface area contributed by atoms with Gasteiger partial charge in [0.05, 0.1) is 23.7 Å². The summed E-state index contributed by atoms with van der Waals surface area (Å²) in [7, 11) is -3.69. The second kappa shape index (κ2) is 6.24. The second-order valence-electron chi connectivity index (χ2n) is 5.70. The van der Waals surface area contributed by atoms with Crippen molar-refractivity contribution in [2.24, 2.45) is 5.92 Å². The van der Waals surface area contributed by atoms with Crippen LogP contribution < -0.4 is 0 Å². The maximum atomic E-state index is 12.1. The minimum absolute atomic E-state index is 0.0882. The van der Waals surface area contributed by atoms with Crippen LogP contribution in [0.2, 0.25) is 0 Å². The van der Waals surface area contributed by atoms with E-state index in [-0.39, 0.29) is 23.7 Å². The average Bonchev–Trinajstić information content (AvgIpc) is 2.36. The molecule has 5 heteroatoms. The lowest BCUT2D eigenvalue weighted by atomic mass is 9.94. The second-order valence-corrected chi connectivity index (χ2v) is 7.31. The molecular formula is C15H22O4S. The van der Waals surface area contributed by atoms with Crippen molar-refractivity contribution in [2.75, 3.05) is 6.61 Å². The number of aryl methyl sites for hydroxylation is 1. The summed E-state index contributed by atoms with van der Waals surface area (Å²) in [6.07, 6.45) is 1.87. The summed E-state index contributed by atoms with van der Waals surface area (Å²) in [5.74, 6) is 0.537. The van der Waals surface area contributed by atoms with Crippen molar-refractivity contribution >= 4 is 10.1 Å². The average molecular weight is 298 g/mol. The molecule has 0 bridgehead atoms. The molecule has 0 N–H and O–H groups in total. The van der Waals surface area contributed by atoms with Gasteiger partial charge >= 0.3 is 0 Å². The molecule has 112 valence electrons. The van der Waals surface area contributed by atoms with Gasteiger partial charge in [0.2, 0.25) is 0 Å². The number of hydrogen-bond acceptors (Lipinski definition) is 4. The fourth-order valence-electron chi connectivity index (χ4n) is 2.60. The highest BCUT2D eigenvalue weighted by Gasteiger charge is 2.26. The van der Waals surface area contributed by atoms with Gasteiger partial charge in [-0.15, -0.1) is 0 Å². The molecule has 1 aromatic carbocycles. The fourth-order valence-corrected chi connectivity index (χ4v) is 3.53. The minimum Gasteiger partial charge on any atom is -0.373 e. The van der Waals surface area contributed by atoms with E-state index >= 15 is 0 Å². The molecule has 0 aromatic heterocycles. The van der Waals surface area contributed by atoms with Gasteiger partial charge in [-0.1, -0.05) is 24.6 Å². The van der Waals surface area contributed by atoms with E-state index in [0.717, 1.165) is 18.4 Å². The van der Waals surface area contributed by atoms with Crippen LogP contribution in [0.5, 0.6) is 0 Å². The number of ether oxygens (including phenoxy) is 1. The summed E-state index contributed by atoms with van der Waals surface area (Å²) < 4.78 is 35.0. The van der Waals surface area contributed by atoms with E-state index in [1.807, 2.05) is 13.8 Å². The maximum Gasteiger partial charge on any atom is 0.297 e. The van der Waals surface area contributed by atoms with E-state index in [4.69, 9.17) is 8.92 Å². The fraction of sp³-hybridized carbons (Fsp3) is 0.600. The first-order valence-corrected chi connectivity index (χ1v) is 8.39. The monoisotopic (exact) mass is 298 g/mol. The predicted octanol–water partition coefficient (Wildman–Crippen LogP) is 2.90. The lowest BCUT2D eigenvalue weighted by Gasteiger charge is -2.31. The van der Waals surface area contributed by atoms with Gasteiger partial charge in [0.25, 0.3) is 10.1 Å². The Kier molecular flexibility index (Phi) is 4.83. The van der Waals surface area contributed by atoms with Gasteiger partial charge < -0.3 is 4.74 Å². The Balaban J connectivity index is 1.97. The zero-order valence-corrected chi connectivity index (χ0v) is 13.0. The summed E-state index contributed by atoms with van der Waals surface area (Å²) in [4.78, 5) is 0.194. The van der Waals surface area contributed by atoms with Crippen LogP contribution in [-0.2, 0) is 19.0 Å². The third kappa shape index (κ3) is 4.04. The van der Waals surface area contributed by atoms with Crippen molar-refractivity contribution in [3.63, 3.8) is 0 Å². The highest BCUT2D eigenvalue weighted by molar-refractivity contribution is 7.86. The molecule has 0 aliphatic carbocycles. The van der Waals surface area contributed by atoms with Gasteiger partial charge in [-0.05, 0) is 44.7 Å². The van der Waals surface area contributed by atoms with Crippen LogP contribution in [0, 0.1) is 12.8 Å². The highest BCUT2D eigenvalue weighted by atomic mass is 32.2. The first-order chi connectivity index (χ1) is 9.37. The molecule has 1 saturated heterocycles. The molecule has 0 radical (unpaired) electrons. The zero-order chi connectivity index (χ0) is 14.8. The Morgan fingerprint density at radius 1 is 1.20 bits per heavy atom. The molecule has 1 fully saturated rings. The van der Waals surface area contributed by atoms with E-state index < -0.39 is 10.1 Å². The van der Waals surface area contributed by atoms with Crippen LogP contribution in [0.15, 0.2) is 29.2 Å². The number of rotatable bonds is 4. The third-order valence-electron chi connectivity index (χ3n) is 3.54. The van der Waals surface area contributed by atoms with Gasteiger partial charge in [-0.2, -0.15) is 8.42 Å². The van der Waals surface area contributed by atoms with Crippen LogP contribution in [0.4, 0.5) is 0 Å². The van der Waals surface area contributed by atoms with Crippen LogP contribution >= 0.6 is 0 Å². The molecule has 3 atom stereocenters. The Morgan fingerprint density at radius 2 is 1.85 bits per heavy atom. The predicted molar refractivity (Wildman–Crippen MR) is 77.0 cm³/mol. The Labute approximate surface area is 121 Å². The summed E-state index contributed by atoms with van der Waals surface area (Å²) >= 11 is 0. The van der Waals surface area contributed by atoms with E-state index in [1.165, 1.54) is 0 Å². The lowest BCUT2D eigenvalue weighted by molar-refractivity contribution is -0.0746. The standard InChI is InChI=1S/C15H22O4S/c1-11-4-6-15(7-5-11)20(16,17)18-10-14-9-12(2)8-13(3)19-14/h4-7,12-14H,8-10H2,1-3H3/t12-,13?,14?/m0/s1. The van der Waals surface area contributed by atoms with E-state index in [1.54, 1.807) is 24.3 Å². The molecule has 1 aliphatic heterocycles. The van der Waals surface area contributed by atoms with Crippen LogP contribution in [0.1, 0.15) is 32.3 Å². The van der Waals surface area contributed by atoms with Crippen molar-refractivity contribution in [2.45, 2.75) is 50.7 Å². The van der Waals surface area contributed by atoms with Gasteiger partial charge in [0.1, 0.15) is 0 Å². The van der Waals surface area contributed by atoms with Crippen LogP contribution in [-0.4, -0.2) is 27.2 Å². The molecule has 0 spiro atoms. The van der Waals surface area contributed by atoms with Gasteiger partial charge in [0, 0.05) is 0 Å². The maximum absolute atomic E-state index is 12.1. The summed E-state index contributed by atoms with van der Waals surface area (Å²) in [6, 6.07) is 6.66. The smallest absolute Gasteiger partial charge is 0.297 e. The van der Waals surface area contributed by atoms with Gasteiger partial charge in [-0.3, -0.25) is 4.18 Å². The minimum atomic E-state index is -3.69. The molecule has 1 aliphatic rings. The van der Waals surface area contributed by atoms with Crippen molar-refractivity contribution in [1.82, 2.24) is 0 Å². The van der Waals surface area contributed by atoms with Crippen molar-refractivity contribution in [3.05, 3.63) is 29.8 Å². The normalized spacial score (nSPS) is 27.4. The lowest BCUT2D eigenvalue weighted by Crippen LogP contribution is -2.34. The molecule has 2 unspecified atom stereocenters. The highest BCUT2D eigenvalue weighted by Crippen LogP contribution is 2.25. The topological polar surface area (TPSA) is 52.6 Å². The summed E-state index contributed by atoms with van der Waals surface area (Å²) in [5, 5.41) is 0. The zero-order valence-electron chi connectivity index (χ0n) is 12.2. The molecule has 20 heavy (non-hydrogen) atoms. The van der Waals surface area contributed by atoms with Gasteiger partial charge in [0.15, 0.2) is 0 Å². The van der Waals surface area contributed by atoms with Crippen molar-refractivity contribution in [1.29, 1.82) is 0 Å². The van der Waals surface area contributed by atoms with E-state index in [9.17, 15) is 8.42 Å². The first kappa shape index (κ1) is 15.5. The largest absolute Gasteiger partial charge is 0.373 e. The molecule has 1 heterocycles. The van der Waals surface area contributed by atoms with Crippen LogP contribution in [0.25, 0.3) is 0 Å². The first-order valence-electron chi connectivity index (χ1n) is 6.98. The van der Waals surface area contributed by atoms with Crippen molar-refractivity contribution < 1.29 is 17.3 Å². The number of benzene rings is 1. The molecule has 1 aromatic rings. The Bertz CT molecular complexity index is 525. The SMILES string of the molecule is Cc1ccc(S(=O)(=O)OCC2C[C@@H](C)CC(C)O2)cc1. The van der Waals surface area contributed by atoms with Crippen LogP contribution in [0.3, 0.4) is 0 Å². The molecule has 0 amide bonds. The Morgan fingerprint density at radius 3 is 2.45 bits per heavy atom. The van der Waals surface area contributed by atoms with E-state index in [2.05, 4.69) is 6.92 Å². The third-order valence-corrected chi connectivity index (χ3v) is 4.84. The molecular weight excluding hydrogens is 276 g/mol. The summed E-state index contributed by atoms with van der Waals surface area (Å²) in [5.41, 5.74) is 1.02. The quantitative estimate of drug-likeness (QED) is 0.802. The van der Waals surface area contributed by atoms with E-state index in [0.29, 0.717) is 5.92 Å². The molecule has 2 rings (SSSR count). The van der Waals surface area contributed by atoms with Crippen molar-refractivity contribution in [3.8, 4) is 0 Å². The molecule has 4 nitrogen and oxygen atoms in total. The number of hydrogen-bond donors (Lipinski definition) is 0. The summed E-state index contributed by atoms with van der Waals surface area (Å²) in [6.45, 7) is 6.17. The Hall–Kier alpha value is -0.910. The molecule has 0 saturated carbocycles. The van der Waals surface area contributed by atoms with Gasteiger partial charge in [-0.25, -0.2) is 0 Å².